The van der Waals surface area contributed by atoms with Gasteiger partial charge in [0.15, 0.2) is 0 Å². The molecule has 114 valence electrons. The molecule has 1 fully saturated rings. The number of nitrogens with zero attached hydrogens (tertiary/aromatic N) is 2. The Bertz CT molecular complexity index is 929. The highest BCUT2D eigenvalue weighted by Gasteiger charge is 2.24. The topological polar surface area (TPSA) is 68.9 Å². The number of hydrogen-bond donors (Lipinski definition) is 1. The molecule has 1 saturated carbocycles. The Morgan fingerprint density at radius 1 is 1.17 bits per heavy atom. The van der Waals surface area contributed by atoms with Crippen LogP contribution in [0.2, 0.25) is 0 Å². The standard InChI is InChI=1S/C19H17N3O/c1-11-15(19(20)23)8-9-21-18(11)14-5-7-17-13(10-14)4-6-16(22-17)12-2-3-12/h4-10,12H,2-3H2,1H3,(H2,20,23). The number of pyridine rings is 2. The summed E-state index contributed by atoms with van der Waals surface area (Å²) in [5, 5.41) is 1.08. The van der Waals surface area contributed by atoms with Crippen LogP contribution in [-0.4, -0.2) is 15.9 Å². The molecule has 1 aliphatic rings. The zero-order valence-corrected chi connectivity index (χ0v) is 12.9. The average Bonchev–Trinajstić information content (AvgIpc) is 3.39. The van der Waals surface area contributed by atoms with Crippen molar-refractivity contribution in [2.24, 2.45) is 5.73 Å². The average molecular weight is 303 g/mol. The molecule has 1 amide bonds. The lowest BCUT2D eigenvalue weighted by Gasteiger charge is -2.09. The summed E-state index contributed by atoms with van der Waals surface area (Å²) >= 11 is 0. The first-order valence-corrected chi connectivity index (χ1v) is 7.80. The number of fused-ring (bicyclic) bond motifs is 1. The maximum atomic E-state index is 11.5. The van der Waals surface area contributed by atoms with Crippen molar-refractivity contribution in [1.82, 2.24) is 9.97 Å². The van der Waals surface area contributed by atoms with Crippen LogP contribution in [0.4, 0.5) is 0 Å². The fraction of sp³-hybridized carbons (Fsp3) is 0.211. The van der Waals surface area contributed by atoms with Crippen LogP contribution in [0.25, 0.3) is 22.2 Å². The number of carbonyl (C=O) groups excluding carboxylic acids is 1. The minimum atomic E-state index is -0.428. The monoisotopic (exact) mass is 303 g/mol. The molecular formula is C19H17N3O. The zero-order chi connectivity index (χ0) is 16.0. The van der Waals surface area contributed by atoms with Crippen molar-refractivity contribution < 1.29 is 4.79 Å². The van der Waals surface area contributed by atoms with Crippen molar-refractivity contribution in [2.75, 3.05) is 0 Å². The second-order valence-electron chi connectivity index (χ2n) is 6.11. The molecule has 0 saturated heterocycles. The molecule has 0 aliphatic heterocycles. The number of nitrogens with two attached hydrogens (primary N) is 1. The van der Waals surface area contributed by atoms with Crippen molar-refractivity contribution in [3.8, 4) is 11.3 Å². The second kappa shape index (κ2) is 5.16. The van der Waals surface area contributed by atoms with Gasteiger partial charge in [-0.2, -0.15) is 0 Å². The molecule has 0 bridgehead atoms. The summed E-state index contributed by atoms with van der Waals surface area (Å²) in [6.07, 6.45) is 4.13. The van der Waals surface area contributed by atoms with E-state index in [1.54, 1.807) is 12.3 Å². The van der Waals surface area contributed by atoms with Crippen molar-refractivity contribution in [3.63, 3.8) is 0 Å². The Morgan fingerprint density at radius 2 is 2.00 bits per heavy atom. The van der Waals surface area contributed by atoms with E-state index in [1.165, 1.54) is 18.5 Å². The quantitative estimate of drug-likeness (QED) is 0.804. The smallest absolute Gasteiger partial charge is 0.249 e. The predicted octanol–water partition coefficient (Wildman–Crippen LogP) is 3.58. The molecule has 23 heavy (non-hydrogen) atoms. The highest BCUT2D eigenvalue weighted by atomic mass is 16.1. The van der Waals surface area contributed by atoms with E-state index in [1.807, 2.05) is 19.1 Å². The third-order valence-corrected chi connectivity index (χ3v) is 4.45. The van der Waals surface area contributed by atoms with Gasteiger partial charge in [0.05, 0.1) is 11.2 Å². The molecule has 2 N–H and O–H groups in total. The lowest BCUT2D eigenvalue weighted by atomic mass is 10.0. The van der Waals surface area contributed by atoms with Gasteiger partial charge in [0.25, 0.3) is 0 Å². The van der Waals surface area contributed by atoms with Gasteiger partial charge in [0.2, 0.25) is 5.91 Å². The van der Waals surface area contributed by atoms with Crippen molar-refractivity contribution in [1.29, 1.82) is 0 Å². The maximum absolute atomic E-state index is 11.5. The fourth-order valence-electron chi connectivity index (χ4n) is 2.99. The van der Waals surface area contributed by atoms with Crippen LogP contribution >= 0.6 is 0 Å². The molecule has 4 rings (SSSR count). The lowest BCUT2D eigenvalue weighted by Crippen LogP contribution is -2.13. The highest BCUT2D eigenvalue weighted by molar-refractivity contribution is 5.96. The van der Waals surface area contributed by atoms with Gasteiger partial charge in [-0.3, -0.25) is 14.8 Å². The molecular weight excluding hydrogens is 286 g/mol. The minimum Gasteiger partial charge on any atom is -0.366 e. The fourth-order valence-corrected chi connectivity index (χ4v) is 2.99. The van der Waals surface area contributed by atoms with E-state index < -0.39 is 5.91 Å². The highest BCUT2D eigenvalue weighted by Crippen LogP contribution is 2.39. The minimum absolute atomic E-state index is 0.428. The van der Waals surface area contributed by atoms with E-state index in [9.17, 15) is 4.79 Å². The van der Waals surface area contributed by atoms with Crippen LogP contribution in [0.15, 0.2) is 42.6 Å². The first kappa shape index (κ1) is 13.9. The predicted molar refractivity (Wildman–Crippen MR) is 90.2 cm³/mol. The largest absolute Gasteiger partial charge is 0.366 e. The summed E-state index contributed by atoms with van der Waals surface area (Å²) in [6.45, 7) is 1.88. The van der Waals surface area contributed by atoms with Gasteiger partial charge in [-0.15, -0.1) is 0 Å². The first-order chi connectivity index (χ1) is 11.1. The number of rotatable bonds is 3. The Balaban J connectivity index is 1.82. The molecule has 4 nitrogen and oxygen atoms in total. The van der Waals surface area contributed by atoms with Crippen molar-refractivity contribution in [2.45, 2.75) is 25.7 Å². The van der Waals surface area contributed by atoms with E-state index >= 15 is 0 Å². The second-order valence-corrected chi connectivity index (χ2v) is 6.11. The van der Waals surface area contributed by atoms with Gasteiger partial charge in [0, 0.05) is 34.3 Å². The number of benzene rings is 1. The number of hydrogen-bond acceptors (Lipinski definition) is 3. The molecule has 4 heteroatoms. The summed E-state index contributed by atoms with van der Waals surface area (Å²) in [4.78, 5) is 20.7. The molecule has 2 aromatic heterocycles. The number of amides is 1. The molecule has 0 spiro atoms. The van der Waals surface area contributed by atoms with Crippen LogP contribution in [0.5, 0.6) is 0 Å². The van der Waals surface area contributed by atoms with Gasteiger partial charge in [-0.05, 0) is 49.6 Å². The Kier molecular flexibility index (Phi) is 3.11. The summed E-state index contributed by atoms with van der Waals surface area (Å²) in [7, 11) is 0. The molecule has 0 atom stereocenters. The number of aromatic nitrogens is 2. The van der Waals surface area contributed by atoms with E-state index in [4.69, 9.17) is 10.7 Å². The third-order valence-electron chi connectivity index (χ3n) is 4.45. The van der Waals surface area contributed by atoms with Crippen LogP contribution in [0.1, 0.15) is 40.4 Å². The zero-order valence-electron chi connectivity index (χ0n) is 12.9. The molecule has 1 aromatic carbocycles. The number of primary amides is 1. The van der Waals surface area contributed by atoms with Gasteiger partial charge in [0.1, 0.15) is 0 Å². The lowest BCUT2D eigenvalue weighted by molar-refractivity contribution is 0.0999. The Hall–Kier alpha value is -2.75. The summed E-state index contributed by atoms with van der Waals surface area (Å²) in [6, 6.07) is 12.0. The third kappa shape index (κ3) is 2.46. The molecule has 2 heterocycles. The van der Waals surface area contributed by atoms with E-state index in [0.717, 1.165) is 27.7 Å². The molecule has 1 aliphatic carbocycles. The van der Waals surface area contributed by atoms with E-state index in [-0.39, 0.29) is 0 Å². The summed E-state index contributed by atoms with van der Waals surface area (Å²) < 4.78 is 0. The van der Waals surface area contributed by atoms with Gasteiger partial charge < -0.3 is 5.73 Å². The van der Waals surface area contributed by atoms with Crippen LogP contribution in [0, 0.1) is 6.92 Å². The molecule has 3 aromatic rings. The SMILES string of the molecule is Cc1c(C(N)=O)ccnc1-c1ccc2nc(C3CC3)ccc2c1. The summed E-state index contributed by atoms with van der Waals surface area (Å²) in [5.41, 5.74) is 10.7. The molecule has 0 unspecified atom stereocenters. The number of carbonyl (C=O) groups is 1. The Morgan fingerprint density at radius 3 is 2.74 bits per heavy atom. The van der Waals surface area contributed by atoms with Crippen molar-refractivity contribution in [3.05, 3.63) is 59.4 Å². The van der Waals surface area contributed by atoms with Gasteiger partial charge in [-0.1, -0.05) is 12.1 Å². The first-order valence-electron chi connectivity index (χ1n) is 7.80. The van der Waals surface area contributed by atoms with Crippen molar-refractivity contribution >= 4 is 16.8 Å². The van der Waals surface area contributed by atoms with Gasteiger partial charge in [-0.25, -0.2) is 0 Å². The van der Waals surface area contributed by atoms with Gasteiger partial charge >= 0.3 is 0 Å². The van der Waals surface area contributed by atoms with Crippen LogP contribution in [-0.2, 0) is 0 Å². The van der Waals surface area contributed by atoms with E-state index in [2.05, 4.69) is 23.2 Å². The van der Waals surface area contributed by atoms with Crippen LogP contribution < -0.4 is 5.73 Å². The van der Waals surface area contributed by atoms with E-state index in [0.29, 0.717) is 11.5 Å². The Labute approximate surface area is 134 Å². The summed E-state index contributed by atoms with van der Waals surface area (Å²) in [5.74, 6) is 0.220. The normalized spacial score (nSPS) is 14.1. The molecule has 0 radical (unpaired) electrons. The van der Waals surface area contributed by atoms with Crippen LogP contribution in [0.3, 0.4) is 0 Å². The maximum Gasteiger partial charge on any atom is 0.249 e.